The van der Waals surface area contributed by atoms with Gasteiger partial charge in [-0.3, -0.25) is 4.39 Å². The fourth-order valence-electron chi connectivity index (χ4n) is 0.503. The number of hydrogen-bond acceptors (Lipinski definition) is 0. The minimum atomic E-state index is -0.786. The molecule has 0 heterocycles. The fourth-order valence-corrected chi connectivity index (χ4v) is 0.503. The van der Waals surface area contributed by atoms with Crippen LogP contribution in [0.1, 0.15) is 26.2 Å². The van der Waals surface area contributed by atoms with Crippen LogP contribution in [0.25, 0.3) is 0 Å². The van der Waals surface area contributed by atoms with Crippen molar-refractivity contribution in [3.05, 3.63) is 0 Å². The second-order valence-corrected chi connectivity index (χ2v) is 1.84. The summed E-state index contributed by atoms with van der Waals surface area (Å²) >= 11 is 0. The minimum Gasteiger partial charge on any atom is -0.251 e. The smallest absolute Gasteiger partial charge is 0.0999 e. The molecule has 0 rings (SSSR count). The van der Waals surface area contributed by atoms with E-state index in [-0.39, 0.29) is 6.67 Å². The third-order valence-corrected chi connectivity index (χ3v) is 1.09. The SMILES string of the molecule is CC[C@H](F)CCCF. The normalized spacial score (nSPS) is 13.9. The third kappa shape index (κ3) is 4.03. The van der Waals surface area contributed by atoms with Crippen molar-refractivity contribution < 1.29 is 8.78 Å². The van der Waals surface area contributed by atoms with Gasteiger partial charge in [-0.25, -0.2) is 4.39 Å². The maximum absolute atomic E-state index is 12.2. The van der Waals surface area contributed by atoms with Crippen molar-refractivity contribution in [2.75, 3.05) is 6.67 Å². The summed E-state index contributed by atoms with van der Waals surface area (Å²) in [5, 5.41) is 0. The van der Waals surface area contributed by atoms with E-state index >= 15 is 0 Å². The second kappa shape index (κ2) is 5.01. The Kier molecular flexibility index (Phi) is 4.92. The number of halogens is 2. The van der Waals surface area contributed by atoms with Gasteiger partial charge in [0.1, 0.15) is 0 Å². The van der Waals surface area contributed by atoms with Gasteiger partial charge in [-0.2, -0.15) is 0 Å². The van der Waals surface area contributed by atoms with Crippen molar-refractivity contribution in [2.24, 2.45) is 0 Å². The van der Waals surface area contributed by atoms with Crippen molar-refractivity contribution >= 4 is 0 Å². The zero-order valence-corrected chi connectivity index (χ0v) is 5.16. The van der Waals surface area contributed by atoms with Gasteiger partial charge in [0, 0.05) is 0 Å². The van der Waals surface area contributed by atoms with Crippen molar-refractivity contribution in [1.82, 2.24) is 0 Å². The second-order valence-electron chi connectivity index (χ2n) is 1.84. The number of alkyl halides is 2. The lowest BCUT2D eigenvalue weighted by atomic mass is 10.2. The topological polar surface area (TPSA) is 0 Å². The van der Waals surface area contributed by atoms with Crippen LogP contribution in [0.5, 0.6) is 0 Å². The largest absolute Gasteiger partial charge is 0.251 e. The molecule has 0 aliphatic heterocycles. The molecule has 1 atom stereocenters. The molecule has 0 aromatic rings. The van der Waals surface area contributed by atoms with Crippen LogP contribution in [-0.4, -0.2) is 12.8 Å². The molecular weight excluding hydrogens is 110 g/mol. The predicted molar refractivity (Wildman–Crippen MR) is 30.4 cm³/mol. The average molecular weight is 122 g/mol. The summed E-state index contributed by atoms with van der Waals surface area (Å²) < 4.78 is 23.5. The Bertz CT molecular complexity index is 45.8. The average Bonchev–Trinajstić information content (AvgIpc) is 1.83. The standard InChI is InChI=1S/C6H12F2/c1-2-6(8)4-3-5-7/h6H,2-5H2,1H3/t6-/m0/s1. The van der Waals surface area contributed by atoms with Crippen LogP contribution in [0.4, 0.5) is 8.78 Å². The minimum absolute atomic E-state index is 0.370. The summed E-state index contributed by atoms with van der Waals surface area (Å²) in [5.41, 5.74) is 0. The summed E-state index contributed by atoms with van der Waals surface area (Å²) in [6, 6.07) is 0. The lowest BCUT2D eigenvalue weighted by Gasteiger charge is -1.99. The molecule has 0 saturated heterocycles. The summed E-state index contributed by atoms with van der Waals surface area (Å²) in [4.78, 5) is 0. The first kappa shape index (κ1) is 7.86. The van der Waals surface area contributed by atoms with Crippen molar-refractivity contribution in [1.29, 1.82) is 0 Å². The predicted octanol–water partition coefficient (Wildman–Crippen LogP) is 2.48. The van der Waals surface area contributed by atoms with Crippen LogP contribution in [0.2, 0.25) is 0 Å². The first-order chi connectivity index (χ1) is 3.81. The molecule has 0 aromatic carbocycles. The molecule has 50 valence electrons. The molecular formula is C6H12F2. The molecule has 0 radical (unpaired) electrons. The molecule has 0 bridgehead atoms. The molecule has 0 unspecified atom stereocenters. The van der Waals surface area contributed by atoms with Crippen LogP contribution in [0, 0.1) is 0 Å². The summed E-state index contributed by atoms with van der Waals surface area (Å²) in [7, 11) is 0. The quantitative estimate of drug-likeness (QED) is 0.537. The Balaban J connectivity index is 2.86. The molecule has 8 heavy (non-hydrogen) atoms. The zero-order chi connectivity index (χ0) is 6.41. The van der Waals surface area contributed by atoms with Crippen LogP contribution in [0.15, 0.2) is 0 Å². The highest BCUT2D eigenvalue weighted by molar-refractivity contribution is 4.51. The van der Waals surface area contributed by atoms with E-state index < -0.39 is 6.17 Å². The van der Waals surface area contributed by atoms with E-state index in [0.29, 0.717) is 19.3 Å². The van der Waals surface area contributed by atoms with Crippen molar-refractivity contribution in [3.8, 4) is 0 Å². The van der Waals surface area contributed by atoms with Crippen molar-refractivity contribution in [2.45, 2.75) is 32.4 Å². The van der Waals surface area contributed by atoms with Gasteiger partial charge in [0.05, 0.1) is 12.8 Å². The van der Waals surface area contributed by atoms with E-state index in [4.69, 9.17) is 0 Å². The third-order valence-electron chi connectivity index (χ3n) is 1.09. The summed E-state index contributed by atoms with van der Waals surface area (Å²) in [6.07, 6.45) is 0.480. The van der Waals surface area contributed by atoms with Gasteiger partial charge < -0.3 is 0 Å². The van der Waals surface area contributed by atoms with E-state index in [1.165, 1.54) is 0 Å². The molecule has 0 aliphatic rings. The van der Waals surface area contributed by atoms with Crippen LogP contribution < -0.4 is 0 Å². The van der Waals surface area contributed by atoms with Gasteiger partial charge in [0.25, 0.3) is 0 Å². The molecule has 0 nitrogen and oxygen atoms in total. The fraction of sp³-hybridized carbons (Fsp3) is 1.00. The highest BCUT2D eigenvalue weighted by Gasteiger charge is 2.00. The highest BCUT2D eigenvalue weighted by Crippen LogP contribution is 2.04. The number of rotatable bonds is 4. The lowest BCUT2D eigenvalue weighted by molar-refractivity contribution is 0.287. The maximum Gasteiger partial charge on any atom is 0.0999 e. The van der Waals surface area contributed by atoms with Gasteiger partial charge in [0.2, 0.25) is 0 Å². The van der Waals surface area contributed by atoms with Gasteiger partial charge in [-0.05, 0) is 19.3 Å². The Labute approximate surface area is 48.9 Å². The summed E-state index contributed by atoms with van der Waals surface area (Å²) in [6.45, 7) is 1.38. The Morgan fingerprint density at radius 2 is 2.12 bits per heavy atom. The molecule has 0 aromatic heterocycles. The molecule has 2 heteroatoms. The van der Waals surface area contributed by atoms with Gasteiger partial charge in [0.15, 0.2) is 0 Å². The Hall–Kier alpha value is -0.140. The van der Waals surface area contributed by atoms with Crippen LogP contribution >= 0.6 is 0 Å². The van der Waals surface area contributed by atoms with Crippen LogP contribution in [0.3, 0.4) is 0 Å². The maximum atomic E-state index is 12.2. The van der Waals surface area contributed by atoms with E-state index in [1.807, 2.05) is 0 Å². The van der Waals surface area contributed by atoms with Gasteiger partial charge >= 0.3 is 0 Å². The van der Waals surface area contributed by atoms with Gasteiger partial charge in [-0.1, -0.05) is 6.92 Å². The Morgan fingerprint density at radius 1 is 1.50 bits per heavy atom. The van der Waals surface area contributed by atoms with E-state index in [2.05, 4.69) is 0 Å². The number of hydrogen-bond donors (Lipinski definition) is 0. The zero-order valence-electron chi connectivity index (χ0n) is 5.16. The molecule has 0 N–H and O–H groups in total. The van der Waals surface area contributed by atoms with E-state index in [0.717, 1.165) is 0 Å². The monoisotopic (exact) mass is 122 g/mol. The molecule has 0 saturated carbocycles. The van der Waals surface area contributed by atoms with Gasteiger partial charge in [-0.15, -0.1) is 0 Å². The van der Waals surface area contributed by atoms with E-state index in [9.17, 15) is 8.78 Å². The molecule has 0 amide bonds. The molecule has 0 fully saturated rings. The summed E-state index contributed by atoms with van der Waals surface area (Å²) in [5.74, 6) is 0. The lowest BCUT2D eigenvalue weighted by Crippen LogP contribution is -1.96. The van der Waals surface area contributed by atoms with E-state index in [1.54, 1.807) is 6.92 Å². The van der Waals surface area contributed by atoms with Crippen LogP contribution in [-0.2, 0) is 0 Å². The molecule has 0 spiro atoms. The van der Waals surface area contributed by atoms with Crippen molar-refractivity contribution in [3.63, 3.8) is 0 Å². The first-order valence-corrected chi connectivity index (χ1v) is 3.01. The Morgan fingerprint density at radius 3 is 2.50 bits per heavy atom. The first-order valence-electron chi connectivity index (χ1n) is 3.01. The molecule has 0 aliphatic carbocycles. The highest BCUT2D eigenvalue weighted by atomic mass is 19.1.